The van der Waals surface area contributed by atoms with Crippen molar-refractivity contribution >= 4 is 35.1 Å². The van der Waals surface area contributed by atoms with Crippen molar-refractivity contribution in [3.63, 3.8) is 0 Å². The van der Waals surface area contributed by atoms with Gasteiger partial charge in [0.15, 0.2) is 5.69 Å². The number of methoxy groups -OCH3 is 1. The Morgan fingerprint density at radius 2 is 1.85 bits per heavy atom. The van der Waals surface area contributed by atoms with Crippen molar-refractivity contribution in [2.24, 2.45) is 17.3 Å². The number of pyridine rings is 1. The average Bonchev–Trinajstić information content (AvgIpc) is 3.33. The summed E-state index contributed by atoms with van der Waals surface area (Å²) < 4.78 is 54.8. The van der Waals surface area contributed by atoms with Crippen molar-refractivity contribution in [1.29, 1.82) is 0 Å². The fourth-order valence-corrected chi connectivity index (χ4v) is 5.97. The Kier molecular flexibility index (Phi) is 10.6. The van der Waals surface area contributed by atoms with E-state index in [0.717, 1.165) is 10.9 Å². The number of halogens is 5. The van der Waals surface area contributed by atoms with Gasteiger partial charge >= 0.3 is 12.1 Å². The van der Waals surface area contributed by atoms with Crippen LogP contribution in [0, 0.1) is 17.3 Å². The van der Waals surface area contributed by atoms with E-state index in [0.29, 0.717) is 24.8 Å². The van der Waals surface area contributed by atoms with E-state index in [1.165, 1.54) is 18.2 Å². The lowest BCUT2D eigenvalue weighted by atomic mass is 9.78. The van der Waals surface area contributed by atoms with E-state index >= 15 is 0 Å². The second-order valence-corrected chi connectivity index (χ2v) is 12.4. The molecule has 1 fully saturated rings. The van der Waals surface area contributed by atoms with Crippen molar-refractivity contribution in [2.75, 3.05) is 26.8 Å². The first-order valence-corrected chi connectivity index (χ1v) is 14.3. The molecule has 8 nitrogen and oxygen atoms in total. The zero-order valence-electron chi connectivity index (χ0n) is 24.1. The first-order valence-electron chi connectivity index (χ1n) is 13.6. The van der Waals surface area contributed by atoms with Crippen LogP contribution in [0.4, 0.5) is 13.2 Å². The first-order chi connectivity index (χ1) is 19.1. The summed E-state index contributed by atoms with van der Waals surface area (Å²) in [5.41, 5.74) is -1.55. The summed E-state index contributed by atoms with van der Waals surface area (Å²) in [6.07, 6.45) is -1.31. The highest BCUT2D eigenvalue weighted by atomic mass is 35.5. The van der Waals surface area contributed by atoms with Crippen LogP contribution in [-0.2, 0) is 22.1 Å². The monoisotopic (exact) mass is 620 g/mol. The molecule has 0 aromatic carbocycles. The minimum atomic E-state index is -4.83. The third kappa shape index (κ3) is 7.85. The normalized spacial score (nSPS) is 19.6. The molecule has 1 amide bonds. The molecule has 3 rings (SSSR count). The molecule has 1 aliphatic carbocycles. The van der Waals surface area contributed by atoms with E-state index in [1.807, 2.05) is 27.7 Å². The summed E-state index contributed by atoms with van der Waals surface area (Å²) in [5, 5.41) is 4.52. The molecular weight excluding hydrogens is 584 g/mol. The number of hydrogen-bond acceptors (Lipinski definition) is 6. The standard InChI is InChI=1S/C28H37Cl2F3N4O4/c1-7-41-26(39)18-9-8-17(12-16(18)2)37-23(28(31,32)33)20(13-35-37)25(38)36(15-27(3,4)5)11-10-19-21(29)14-34-24(40-6)22(19)30/h13-14,16-18H,7-12,15H2,1-6H3/t16-,17+,18+/m0/s1. The van der Waals surface area contributed by atoms with Gasteiger partial charge in [-0.05, 0) is 49.5 Å². The van der Waals surface area contributed by atoms with Gasteiger partial charge in [0.05, 0.1) is 42.5 Å². The molecule has 0 N–H and O–H groups in total. The van der Waals surface area contributed by atoms with Crippen molar-refractivity contribution in [2.45, 2.75) is 72.5 Å². The molecule has 0 spiro atoms. The molecule has 13 heteroatoms. The predicted octanol–water partition coefficient (Wildman–Crippen LogP) is 6.88. The number of alkyl halides is 3. The lowest BCUT2D eigenvalue weighted by Gasteiger charge is -2.34. The van der Waals surface area contributed by atoms with Gasteiger partial charge in [-0.2, -0.15) is 18.3 Å². The zero-order chi connectivity index (χ0) is 30.7. The number of aromatic nitrogens is 3. The molecule has 0 bridgehead atoms. The lowest BCUT2D eigenvalue weighted by Crippen LogP contribution is -2.40. The highest BCUT2D eigenvalue weighted by Gasteiger charge is 2.44. The van der Waals surface area contributed by atoms with Crippen LogP contribution >= 0.6 is 23.2 Å². The van der Waals surface area contributed by atoms with Gasteiger partial charge in [-0.1, -0.05) is 50.9 Å². The van der Waals surface area contributed by atoms with Crippen LogP contribution < -0.4 is 4.74 Å². The van der Waals surface area contributed by atoms with Gasteiger partial charge in [0.25, 0.3) is 5.91 Å². The van der Waals surface area contributed by atoms with E-state index < -0.39 is 34.8 Å². The Morgan fingerprint density at radius 3 is 2.41 bits per heavy atom. The Balaban J connectivity index is 1.93. The number of nitrogens with zero attached hydrogens (tertiary/aromatic N) is 4. The molecule has 1 aliphatic rings. The Labute approximate surface area is 248 Å². The van der Waals surface area contributed by atoms with Crippen LogP contribution in [0.15, 0.2) is 12.4 Å². The lowest BCUT2D eigenvalue weighted by molar-refractivity contribution is -0.153. The molecule has 41 heavy (non-hydrogen) atoms. The maximum Gasteiger partial charge on any atom is 0.433 e. The van der Waals surface area contributed by atoms with Crippen LogP contribution in [0.1, 0.15) is 81.5 Å². The predicted molar refractivity (Wildman–Crippen MR) is 149 cm³/mol. The Bertz CT molecular complexity index is 1250. The van der Waals surface area contributed by atoms with Crippen LogP contribution in [0.5, 0.6) is 5.88 Å². The van der Waals surface area contributed by atoms with Gasteiger partial charge in [0, 0.05) is 19.3 Å². The maximum absolute atomic E-state index is 14.5. The fourth-order valence-electron chi connectivity index (χ4n) is 5.36. The van der Waals surface area contributed by atoms with Gasteiger partial charge in [-0.3, -0.25) is 14.3 Å². The van der Waals surface area contributed by atoms with Crippen LogP contribution in [-0.4, -0.2) is 58.3 Å². The molecule has 0 saturated heterocycles. The number of amides is 1. The van der Waals surface area contributed by atoms with Gasteiger partial charge in [0.2, 0.25) is 5.88 Å². The van der Waals surface area contributed by atoms with Gasteiger partial charge in [-0.15, -0.1) is 0 Å². The van der Waals surface area contributed by atoms with Gasteiger partial charge in [-0.25, -0.2) is 4.98 Å². The number of esters is 1. The molecule has 0 unspecified atom stereocenters. The second kappa shape index (κ2) is 13.2. The Hall–Kier alpha value is -2.53. The van der Waals surface area contributed by atoms with Gasteiger partial charge < -0.3 is 14.4 Å². The van der Waals surface area contributed by atoms with E-state index in [9.17, 15) is 22.8 Å². The zero-order valence-corrected chi connectivity index (χ0v) is 25.7. The number of carbonyl (C=O) groups is 2. The van der Waals surface area contributed by atoms with Crippen molar-refractivity contribution in [1.82, 2.24) is 19.7 Å². The quantitative estimate of drug-likeness (QED) is 0.284. The van der Waals surface area contributed by atoms with Gasteiger partial charge in [0.1, 0.15) is 5.02 Å². The van der Waals surface area contributed by atoms with Crippen LogP contribution in [0.2, 0.25) is 10.0 Å². The molecule has 1 saturated carbocycles. The van der Waals surface area contributed by atoms with Crippen molar-refractivity contribution < 1.29 is 32.2 Å². The molecule has 0 aliphatic heterocycles. The van der Waals surface area contributed by atoms with E-state index in [-0.39, 0.29) is 59.8 Å². The summed E-state index contributed by atoms with van der Waals surface area (Å²) in [5.74, 6) is -1.56. The van der Waals surface area contributed by atoms with Crippen molar-refractivity contribution in [3.8, 4) is 5.88 Å². The average molecular weight is 622 g/mol. The SMILES string of the molecule is CCOC(=O)[C@@H]1CC[C@@H](n2ncc(C(=O)N(CCc3c(Cl)cnc(OC)c3Cl)CC(C)(C)C)c2C(F)(F)F)C[C@@H]1C. The summed E-state index contributed by atoms with van der Waals surface area (Å²) in [4.78, 5) is 31.5. The molecule has 3 atom stereocenters. The Morgan fingerprint density at radius 1 is 1.17 bits per heavy atom. The number of ether oxygens (including phenoxy) is 2. The number of hydrogen-bond donors (Lipinski definition) is 0. The smallest absolute Gasteiger partial charge is 0.433 e. The summed E-state index contributed by atoms with van der Waals surface area (Å²) in [6.45, 7) is 9.67. The minimum Gasteiger partial charge on any atom is -0.480 e. The highest BCUT2D eigenvalue weighted by molar-refractivity contribution is 6.36. The summed E-state index contributed by atoms with van der Waals surface area (Å²) in [6, 6.07) is -0.619. The second-order valence-electron chi connectivity index (χ2n) is 11.6. The van der Waals surface area contributed by atoms with Crippen LogP contribution in [0.25, 0.3) is 0 Å². The summed E-state index contributed by atoms with van der Waals surface area (Å²) in [7, 11) is 1.40. The first kappa shape index (κ1) is 33.0. The molecule has 0 radical (unpaired) electrons. The van der Waals surface area contributed by atoms with Crippen molar-refractivity contribution in [3.05, 3.63) is 39.3 Å². The number of rotatable bonds is 9. The third-order valence-corrected chi connectivity index (χ3v) is 7.90. The molecule has 2 aromatic heterocycles. The molecule has 2 heterocycles. The topological polar surface area (TPSA) is 86.6 Å². The van der Waals surface area contributed by atoms with E-state index in [4.69, 9.17) is 32.7 Å². The van der Waals surface area contributed by atoms with E-state index in [1.54, 1.807) is 6.92 Å². The maximum atomic E-state index is 14.5. The minimum absolute atomic E-state index is 0.0485. The highest BCUT2D eigenvalue weighted by Crippen LogP contribution is 2.41. The van der Waals surface area contributed by atoms with Crippen LogP contribution in [0.3, 0.4) is 0 Å². The molecule has 228 valence electrons. The third-order valence-electron chi connectivity index (χ3n) is 7.18. The molecule has 2 aromatic rings. The fraction of sp³-hybridized carbons (Fsp3) is 0.643. The number of carbonyl (C=O) groups excluding carboxylic acids is 2. The van der Waals surface area contributed by atoms with E-state index in [2.05, 4.69) is 10.1 Å². The molecular formula is C28H37Cl2F3N4O4. The summed E-state index contributed by atoms with van der Waals surface area (Å²) >= 11 is 12.7. The largest absolute Gasteiger partial charge is 0.480 e.